The van der Waals surface area contributed by atoms with Gasteiger partial charge in [0.05, 0.1) is 13.0 Å². The molecule has 4 aromatic rings. The summed E-state index contributed by atoms with van der Waals surface area (Å²) in [5.74, 6) is 0.117. The van der Waals surface area contributed by atoms with Gasteiger partial charge < -0.3 is 9.84 Å². The number of carboxylic acids is 1. The van der Waals surface area contributed by atoms with Gasteiger partial charge in [0, 0.05) is 36.5 Å². The summed E-state index contributed by atoms with van der Waals surface area (Å²) >= 11 is 6.59. The molecule has 188 valence electrons. The second-order valence-corrected chi connectivity index (χ2v) is 9.89. The standard InChI is InChI=1S/C32H30ClNO3/c33-30-16-7-4-12-25(30)21-34-22-29(24-10-2-1-3-11-24)27-14-5-6-15-28(27)31(34)17-18-37-26-13-8-9-23(19-26)20-32(35)36/h1-16,19,29,31H,17-18,20-22H2,(H,35,36). The zero-order valence-corrected chi connectivity index (χ0v) is 21.4. The van der Waals surface area contributed by atoms with E-state index >= 15 is 0 Å². The van der Waals surface area contributed by atoms with Crippen LogP contribution < -0.4 is 4.74 Å². The number of halogens is 1. The van der Waals surface area contributed by atoms with Crippen LogP contribution in [0.4, 0.5) is 0 Å². The zero-order valence-electron chi connectivity index (χ0n) is 20.6. The molecule has 1 N–H and O–H groups in total. The van der Waals surface area contributed by atoms with E-state index in [1.54, 1.807) is 0 Å². The molecule has 1 heterocycles. The maximum Gasteiger partial charge on any atom is 0.307 e. The lowest BCUT2D eigenvalue weighted by atomic mass is 9.80. The first-order valence-corrected chi connectivity index (χ1v) is 13.0. The molecule has 0 aliphatic carbocycles. The molecule has 5 heteroatoms. The lowest BCUT2D eigenvalue weighted by Crippen LogP contribution is -2.38. The summed E-state index contributed by atoms with van der Waals surface area (Å²) in [5, 5.41) is 9.90. The number of fused-ring (bicyclic) bond motifs is 1. The molecular weight excluding hydrogens is 482 g/mol. The SMILES string of the molecule is O=C(O)Cc1cccc(OCCC2c3ccccc3C(c3ccccc3)CN2Cc2ccccc2Cl)c1. The van der Waals surface area contributed by atoms with Crippen molar-refractivity contribution in [3.8, 4) is 5.75 Å². The maximum absolute atomic E-state index is 11.1. The second-order valence-electron chi connectivity index (χ2n) is 9.48. The van der Waals surface area contributed by atoms with E-state index in [0.717, 1.165) is 35.7 Å². The van der Waals surface area contributed by atoms with Crippen molar-refractivity contribution in [3.05, 3.63) is 136 Å². The van der Waals surface area contributed by atoms with Crippen molar-refractivity contribution in [2.75, 3.05) is 13.2 Å². The first kappa shape index (κ1) is 25.1. The third-order valence-corrected chi connectivity index (χ3v) is 7.40. The Morgan fingerprint density at radius 1 is 0.892 bits per heavy atom. The monoisotopic (exact) mass is 511 g/mol. The molecule has 37 heavy (non-hydrogen) atoms. The highest BCUT2D eigenvalue weighted by molar-refractivity contribution is 6.31. The van der Waals surface area contributed by atoms with E-state index in [2.05, 4.69) is 65.6 Å². The second kappa shape index (κ2) is 11.6. The Bertz CT molecular complexity index is 1360. The summed E-state index contributed by atoms with van der Waals surface area (Å²) in [7, 11) is 0. The summed E-state index contributed by atoms with van der Waals surface area (Å²) in [5.41, 5.74) is 5.83. The van der Waals surface area contributed by atoms with Crippen LogP contribution in [0.25, 0.3) is 0 Å². The van der Waals surface area contributed by atoms with Gasteiger partial charge in [-0.2, -0.15) is 0 Å². The molecule has 5 rings (SSSR count). The summed E-state index contributed by atoms with van der Waals surface area (Å²) in [6.45, 7) is 2.14. The molecular formula is C32H30ClNO3. The average molecular weight is 512 g/mol. The van der Waals surface area contributed by atoms with Crippen molar-refractivity contribution in [2.24, 2.45) is 0 Å². The number of hydrogen-bond donors (Lipinski definition) is 1. The van der Waals surface area contributed by atoms with Gasteiger partial charge in [-0.05, 0) is 46.0 Å². The Labute approximate surface area is 223 Å². The predicted molar refractivity (Wildman–Crippen MR) is 147 cm³/mol. The van der Waals surface area contributed by atoms with E-state index in [-0.39, 0.29) is 18.4 Å². The minimum absolute atomic E-state index is 0.0142. The van der Waals surface area contributed by atoms with Gasteiger partial charge in [0.2, 0.25) is 0 Å². The van der Waals surface area contributed by atoms with Gasteiger partial charge in [0.1, 0.15) is 5.75 Å². The van der Waals surface area contributed by atoms with Crippen molar-refractivity contribution in [2.45, 2.75) is 31.3 Å². The van der Waals surface area contributed by atoms with Crippen molar-refractivity contribution in [3.63, 3.8) is 0 Å². The fourth-order valence-corrected chi connectivity index (χ4v) is 5.52. The lowest BCUT2D eigenvalue weighted by Gasteiger charge is -2.42. The molecule has 0 amide bonds. The Balaban J connectivity index is 1.42. The van der Waals surface area contributed by atoms with Gasteiger partial charge in [0.25, 0.3) is 0 Å². The third-order valence-electron chi connectivity index (χ3n) is 7.04. The van der Waals surface area contributed by atoms with Crippen LogP contribution in [0.15, 0.2) is 103 Å². The molecule has 0 spiro atoms. The van der Waals surface area contributed by atoms with Crippen molar-refractivity contribution < 1.29 is 14.6 Å². The van der Waals surface area contributed by atoms with Crippen molar-refractivity contribution in [1.82, 2.24) is 4.90 Å². The van der Waals surface area contributed by atoms with E-state index in [4.69, 9.17) is 21.4 Å². The number of aliphatic carboxylic acids is 1. The summed E-state index contributed by atoms with van der Waals surface area (Å²) in [4.78, 5) is 13.6. The van der Waals surface area contributed by atoms with Gasteiger partial charge in [-0.25, -0.2) is 0 Å². The minimum Gasteiger partial charge on any atom is -0.494 e. The predicted octanol–water partition coefficient (Wildman–Crippen LogP) is 7.13. The smallest absolute Gasteiger partial charge is 0.307 e. The zero-order chi connectivity index (χ0) is 25.6. The van der Waals surface area contributed by atoms with E-state index in [9.17, 15) is 4.79 Å². The van der Waals surface area contributed by atoms with Gasteiger partial charge in [-0.3, -0.25) is 9.69 Å². The van der Waals surface area contributed by atoms with Crippen LogP contribution in [0.2, 0.25) is 5.02 Å². The number of nitrogens with zero attached hydrogens (tertiary/aromatic N) is 1. The third kappa shape index (κ3) is 6.04. The summed E-state index contributed by atoms with van der Waals surface area (Å²) in [6.07, 6.45) is 0.784. The molecule has 2 atom stereocenters. The van der Waals surface area contributed by atoms with Crippen LogP contribution >= 0.6 is 11.6 Å². The topological polar surface area (TPSA) is 49.8 Å². The van der Waals surface area contributed by atoms with Gasteiger partial charge in [0.15, 0.2) is 0 Å². The number of carbonyl (C=O) groups is 1. The first-order chi connectivity index (χ1) is 18.1. The fraction of sp³-hybridized carbons (Fsp3) is 0.219. The molecule has 0 bridgehead atoms. The minimum atomic E-state index is -0.848. The molecule has 1 aliphatic rings. The van der Waals surface area contributed by atoms with Gasteiger partial charge in [-0.1, -0.05) is 96.5 Å². The Hall–Kier alpha value is -3.60. The number of benzene rings is 4. The van der Waals surface area contributed by atoms with Crippen LogP contribution in [-0.4, -0.2) is 29.1 Å². The number of rotatable bonds is 9. The Morgan fingerprint density at radius 3 is 2.41 bits per heavy atom. The van der Waals surface area contributed by atoms with E-state index in [0.29, 0.717) is 12.4 Å². The van der Waals surface area contributed by atoms with Crippen LogP contribution in [0.5, 0.6) is 5.75 Å². The van der Waals surface area contributed by atoms with Crippen LogP contribution in [0.1, 0.15) is 46.2 Å². The molecule has 2 unspecified atom stereocenters. The molecule has 1 aliphatic heterocycles. The molecule has 4 aromatic carbocycles. The van der Waals surface area contributed by atoms with E-state index in [1.807, 2.05) is 42.5 Å². The lowest BCUT2D eigenvalue weighted by molar-refractivity contribution is -0.136. The summed E-state index contributed by atoms with van der Waals surface area (Å²) in [6, 6.07) is 35.0. The molecule has 0 aromatic heterocycles. The molecule has 0 radical (unpaired) electrons. The van der Waals surface area contributed by atoms with Crippen LogP contribution in [0.3, 0.4) is 0 Å². The summed E-state index contributed by atoms with van der Waals surface area (Å²) < 4.78 is 6.13. The van der Waals surface area contributed by atoms with Crippen LogP contribution in [-0.2, 0) is 17.8 Å². The number of ether oxygens (including phenoxy) is 1. The fourth-order valence-electron chi connectivity index (χ4n) is 5.33. The molecule has 0 saturated carbocycles. The largest absolute Gasteiger partial charge is 0.494 e. The highest BCUT2D eigenvalue weighted by atomic mass is 35.5. The average Bonchev–Trinajstić information content (AvgIpc) is 2.91. The van der Waals surface area contributed by atoms with E-state index < -0.39 is 5.97 Å². The Kier molecular flexibility index (Phi) is 7.88. The van der Waals surface area contributed by atoms with Gasteiger partial charge in [-0.15, -0.1) is 0 Å². The quantitative estimate of drug-likeness (QED) is 0.260. The molecule has 0 saturated heterocycles. The highest BCUT2D eigenvalue weighted by Gasteiger charge is 2.33. The molecule has 0 fully saturated rings. The van der Waals surface area contributed by atoms with Crippen molar-refractivity contribution in [1.29, 1.82) is 0 Å². The van der Waals surface area contributed by atoms with E-state index in [1.165, 1.54) is 16.7 Å². The highest BCUT2D eigenvalue weighted by Crippen LogP contribution is 2.42. The first-order valence-electron chi connectivity index (χ1n) is 12.6. The number of carboxylic acid groups (broad SMARTS) is 1. The van der Waals surface area contributed by atoms with Crippen molar-refractivity contribution >= 4 is 17.6 Å². The maximum atomic E-state index is 11.1. The van der Waals surface area contributed by atoms with Gasteiger partial charge >= 0.3 is 5.97 Å². The van der Waals surface area contributed by atoms with Crippen LogP contribution in [0, 0.1) is 0 Å². The number of hydrogen-bond acceptors (Lipinski definition) is 3. The Morgan fingerprint density at radius 2 is 1.62 bits per heavy atom. The normalized spacial score (nSPS) is 17.2. The molecule has 4 nitrogen and oxygen atoms in total.